The molecule has 1 atom stereocenters. The van der Waals surface area contributed by atoms with E-state index in [-0.39, 0.29) is 29.4 Å². The summed E-state index contributed by atoms with van der Waals surface area (Å²) in [5, 5.41) is 0. The minimum Gasteiger partial charge on any atom is -0.477 e. The number of ether oxygens (including phenoxy) is 1. The molecule has 4 rings (SSSR count). The van der Waals surface area contributed by atoms with Crippen molar-refractivity contribution in [3.63, 3.8) is 0 Å². The van der Waals surface area contributed by atoms with E-state index in [1.807, 2.05) is 6.92 Å². The minimum atomic E-state index is -3.82. The lowest BCUT2D eigenvalue weighted by Gasteiger charge is -2.42. The van der Waals surface area contributed by atoms with Gasteiger partial charge in [-0.2, -0.15) is 0 Å². The van der Waals surface area contributed by atoms with Gasteiger partial charge < -0.3 is 10.5 Å². The average molecular weight is 462 g/mol. The number of nitrogens with zero attached hydrogens (tertiary/aromatic N) is 4. The Kier molecular flexibility index (Phi) is 5.19. The molecule has 0 saturated heterocycles. The molecule has 1 aliphatic carbocycles. The maximum atomic E-state index is 15.0. The molecular formula is C21H24FN5O4S. The number of halogens is 1. The lowest BCUT2D eigenvalue weighted by molar-refractivity contribution is 0.0987. The molecule has 0 amide bonds. The van der Waals surface area contributed by atoms with Crippen LogP contribution in [0.2, 0.25) is 0 Å². The van der Waals surface area contributed by atoms with E-state index in [1.165, 1.54) is 37.6 Å². The molecule has 32 heavy (non-hydrogen) atoms. The van der Waals surface area contributed by atoms with Gasteiger partial charge in [0.25, 0.3) is 0 Å². The highest BCUT2D eigenvalue weighted by Crippen LogP contribution is 2.60. The van der Waals surface area contributed by atoms with Crippen LogP contribution in [0.3, 0.4) is 0 Å². The van der Waals surface area contributed by atoms with Crippen molar-refractivity contribution in [3.8, 4) is 5.88 Å². The SMILES string of the molecule is CCOc1cnc(C(=O)Cc2ccc(F)c([C@@]3(C)N=C(N)N(C)S(=O)(=O)C34CC4)c2)cn1. The molecule has 1 aromatic heterocycles. The molecule has 1 aromatic carbocycles. The molecule has 2 aromatic rings. The van der Waals surface area contributed by atoms with Gasteiger partial charge >= 0.3 is 0 Å². The highest BCUT2D eigenvalue weighted by atomic mass is 32.2. The number of guanidine groups is 1. The van der Waals surface area contributed by atoms with Gasteiger partial charge in [0.1, 0.15) is 21.8 Å². The van der Waals surface area contributed by atoms with E-state index in [9.17, 15) is 17.6 Å². The van der Waals surface area contributed by atoms with Crippen LogP contribution in [0.1, 0.15) is 48.3 Å². The molecule has 9 nitrogen and oxygen atoms in total. The Morgan fingerprint density at radius 1 is 1.28 bits per heavy atom. The third-order valence-corrected chi connectivity index (χ3v) is 8.93. The average Bonchev–Trinajstić information content (AvgIpc) is 3.57. The van der Waals surface area contributed by atoms with Gasteiger partial charge in [0.15, 0.2) is 5.78 Å². The molecule has 1 spiro atoms. The zero-order valence-corrected chi connectivity index (χ0v) is 18.8. The lowest BCUT2D eigenvalue weighted by Crippen LogP contribution is -2.58. The molecule has 2 aliphatic rings. The first-order valence-corrected chi connectivity index (χ1v) is 11.6. The fourth-order valence-electron chi connectivity index (χ4n) is 4.22. The first-order valence-electron chi connectivity index (χ1n) is 10.2. The molecule has 0 bridgehead atoms. The van der Waals surface area contributed by atoms with Gasteiger partial charge in [-0.1, -0.05) is 6.07 Å². The predicted molar refractivity (Wildman–Crippen MR) is 115 cm³/mol. The quantitative estimate of drug-likeness (QED) is 0.650. The maximum absolute atomic E-state index is 15.0. The Labute approximate surface area is 185 Å². The Bertz CT molecular complexity index is 1210. The summed E-state index contributed by atoms with van der Waals surface area (Å²) in [6.07, 6.45) is 3.32. The van der Waals surface area contributed by atoms with E-state index in [2.05, 4.69) is 15.0 Å². The number of Topliss-reactive ketones (excluding diaryl/α,β-unsaturated/α-hetero) is 1. The number of rotatable bonds is 6. The smallest absolute Gasteiger partial charge is 0.245 e. The first kappa shape index (κ1) is 22.1. The van der Waals surface area contributed by atoms with Gasteiger partial charge in [-0.15, -0.1) is 0 Å². The number of aliphatic imine (C=N–C) groups is 1. The summed E-state index contributed by atoms with van der Waals surface area (Å²) in [5.41, 5.74) is 5.22. The molecule has 1 fully saturated rings. The van der Waals surface area contributed by atoms with E-state index >= 15 is 0 Å². The molecular weight excluding hydrogens is 437 g/mol. The fourth-order valence-corrected chi connectivity index (χ4v) is 6.30. The number of benzene rings is 1. The van der Waals surface area contributed by atoms with Crippen LogP contribution < -0.4 is 10.5 Å². The van der Waals surface area contributed by atoms with Crippen LogP contribution in [-0.2, 0) is 22.0 Å². The van der Waals surface area contributed by atoms with E-state index < -0.39 is 26.1 Å². The van der Waals surface area contributed by atoms with Gasteiger partial charge in [-0.3, -0.25) is 4.79 Å². The summed E-state index contributed by atoms with van der Waals surface area (Å²) in [6.45, 7) is 3.82. The molecule has 1 saturated carbocycles. The van der Waals surface area contributed by atoms with Crippen molar-refractivity contribution in [2.45, 2.75) is 43.4 Å². The van der Waals surface area contributed by atoms with Crippen LogP contribution in [-0.4, -0.2) is 52.8 Å². The lowest BCUT2D eigenvalue weighted by atomic mass is 9.85. The predicted octanol–water partition coefficient (Wildman–Crippen LogP) is 1.78. The van der Waals surface area contributed by atoms with Crippen LogP contribution in [0.25, 0.3) is 0 Å². The second kappa shape index (κ2) is 7.51. The zero-order chi connectivity index (χ0) is 23.3. The van der Waals surface area contributed by atoms with Gasteiger partial charge in [0, 0.05) is 19.0 Å². The van der Waals surface area contributed by atoms with E-state index in [0.29, 0.717) is 30.9 Å². The van der Waals surface area contributed by atoms with Crippen LogP contribution in [0.5, 0.6) is 5.88 Å². The molecule has 11 heteroatoms. The zero-order valence-electron chi connectivity index (χ0n) is 18.0. The van der Waals surface area contributed by atoms with Crippen molar-refractivity contribution in [3.05, 3.63) is 53.2 Å². The number of carbonyl (C=O) groups excluding carboxylic acids is 1. The largest absolute Gasteiger partial charge is 0.477 e. The molecule has 2 heterocycles. The number of nitrogens with two attached hydrogens (primary N) is 1. The van der Waals surface area contributed by atoms with E-state index in [4.69, 9.17) is 10.5 Å². The summed E-state index contributed by atoms with van der Waals surface area (Å²) in [5.74, 6) is -0.805. The number of sulfonamides is 1. The Morgan fingerprint density at radius 3 is 2.59 bits per heavy atom. The molecule has 2 N–H and O–H groups in total. The number of hydrogen-bond donors (Lipinski definition) is 1. The van der Waals surface area contributed by atoms with Crippen LogP contribution in [0.4, 0.5) is 4.39 Å². The third kappa shape index (κ3) is 3.22. The monoisotopic (exact) mass is 461 g/mol. The Morgan fingerprint density at radius 2 is 2.00 bits per heavy atom. The van der Waals surface area contributed by atoms with Crippen molar-refractivity contribution in [1.29, 1.82) is 0 Å². The van der Waals surface area contributed by atoms with Crippen molar-refractivity contribution in [1.82, 2.24) is 14.3 Å². The van der Waals surface area contributed by atoms with Crippen LogP contribution in [0.15, 0.2) is 35.6 Å². The number of carbonyl (C=O) groups is 1. The van der Waals surface area contributed by atoms with Crippen LogP contribution >= 0.6 is 0 Å². The second-order valence-corrected chi connectivity index (χ2v) is 10.4. The minimum absolute atomic E-state index is 0.0646. The summed E-state index contributed by atoms with van der Waals surface area (Å²) < 4.78 is 46.1. The van der Waals surface area contributed by atoms with Gasteiger partial charge in [0.05, 0.1) is 19.0 Å². The second-order valence-electron chi connectivity index (χ2n) is 8.10. The summed E-state index contributed by atoms with van der Waals surface area (Å²) in [7, 11) is -2.48. The van der Waals surface area contributed by atoms with Crippen molar-refractivity contribution in [2.24, 2.45) is 10.7 Å². The van der Waals surface area contributed by atoms with E-state index in [1.54, 1.807) is 6.92 Å². The summed E-state index contributed by atoms with van der Waals surface area (Å²) in [4.78, 5) is 25.2. The molecule has 170 valence electrons. The normalized spacial score (nSPS) is 23.0. The highest BCUT2D eigenvalue weighted by Gasteiger charge is 2.70. The molecule has 0 unspecified atom stereocenters. The third-order valence-electron chi connectivity index (χ3n) is 6.23. The first-order chi connectivity index (χ1) is 15.1. The van der Waals surface area contributed by atoms with Crippen molar-refractivity contribution >= 4 is 21.8 Å². The highest BCUT2D eigenvalue weighted by molar-refractivity contribution is 7.91. The maximum Gasteiger partial charge on any atom is 0.245 e. The van der Waals surface area contributed by atoms with Crippen LogP contribution in [0, 0.1) is 5.82 Å². The summed E-state index contributed by atoms with van der Waals surface area (Å²) >= 11 is 0. The molecule has 0 radical (unpaired) electrons. The summed E-state index contributed by atoms with van der Waals surface area (Å²) in [6, 6.07) is 4.20. The number of hydrogen-bond acceptors (Lipinski definition) is 8. The topological polar surface area (TPSA) is 128 Å². The Hall–Kier alpha value is -3.08. The molecule has 1 aliphatic heterocycles. The Balaban J connectivity index is 1.68. The standard InChI is InChI=1S/C21H24FN5O4S/c1-4-31-18-12-24-16(11-25-18)17(28)10-13-5-6-15(22)14(9-13)20(2)21(7-8-21)32(29,30)27(3)19(23)26-20/h5-6,9,11-12H,4,7-8,10H2,1-3H3,(H2,23,26)/t20-/m1/s1. The van der Waals surface area contributed by atoms with Crippen molar-refractivity contribution in [2.75, 3.05) is 13.7 Å². The number of ketones is 1. The van der Waals surface area contributed by atoms with Crippen molar-refractivity contribution < 1.29 is 22.3 Å². The van der Waals surface area contributed by atoms with Gasteiger partial charge in [-0.25, -0.2) is 32.1 Å². The van der Waals surface area contributed by atoms with Gasteiger partial charge in [-0.05, 0) is 44.4 Å². The van der Waals surface area contributed by atoms with E-state index in [0.717, 1.165) is 4.31 Å². The van der Waals surface area contributed by atoms with Gasteiger partial charge in [0.2, 0.25) is 21.9 Å². The number of aromatic nitrogens is 2. The fraction of sp³-hybridized carbons (Fsp3) is 0.429.